The van der Waals surface area contributed by atoms with Crippen LogP contribution in [0.1, 0.15) is 42.5 Å². The molecule has 1 saturated carbocycles. The number of carbonyl (C=O) groups is 1. The molecule has 104 valence electrons. The first kappa shape index (κ1) is 14.4. The van der Waals surface area contributed by atoms with Gasteiger partial charge in [0.25, 0.3) is 0 Å². The Morgan fingerprint density at radius 2 is 2.05 bits per heavy atom. The third-order valence-electron chi connectivity index (χ3n) is 3.88. The minimum absolute atomic E-state index is 0.315. The van der Waals surface area contributed by atoms with Crippen molar-refractivity contribution in [3.05, 3.63) is 28.2 Å². The molecule has 1 aromatic carbocycles. The number of benzene rings is 1. The maximum Gasteiger partial charge on any atom is 0.336 e. The highest BCUT2D eigenvalue weighted by Gasteiger charge is 2.16. The maximum absolute atomic E-state index is 11.0. The first-order valence-corrected chi connectivity index (χ1v) is 7.61. The van der Waals surface area contributed by atoms with E-state index in [1.54, 1.807) is 6.07 Å². The lowest BCUT2D eigenvalue weighted by molar-refractivity contribution is 0.0696. The van der Waals surface area contributed by atoms with Crippen molar-refractivity contribution in [1.29, 1.82) is 0 Å². The van der Waals surface area contributed by atoms with Crippen molar-refractivity contribution >= 4 is 27.6 Å². The van der Waals surface area contributed by atoms with Gasteiger partial charge in [-0.25, -0.2) is 4.79 Å². The molecule has 19 heavy (non-hydrogen) atoms. The van der Waals surface area contributed by atoms with Gasteiger partial charge in [0.15, 0.2) is 0 Å². The van der Waals surface area contributed by atoms with Crippen LogP contribution in [0.3, 0.4) is 0 Å². The van der Waals surface area contributed by atoms with Crippen molar-refractivity contribution in [2.24, 2.45) is 5.92 Å². The van der Waals surface area contributed by atoms with E-state index in [2.05, 4.69) is 27.9 Å². The largest absolute Gasteiger partial charge is 0.478 e. The van der Waals surface area contributed by atoms with Crippen LogP contribution in [0.4, 0.5) is 5.69 Å². The Hall–Kier alpha value is -1.03. The predicted octanol–water partition coefficient (Wildman–Crippen LogP) is 4.16. The summed E-state index contributed by atoms with van der Waals surface area (Å²) >= 11 is 3.33. The molecule has 0 saturated heterocycles. The van der Waals surface area contributed by atoms with E-state index in [9.17, 15) is 4.79 Å². The van der Waals surface area contributed by atoms with E-state index in [1.807, 2.05) is 12.1 Å². The number of carboxylic acid groups (broad SMARTS) is 1. The van der Waals surface area contributed by atoms with E-state index in [1.165, 1.54) is 32.1 Å². The van der Waals surface area contributed by atoms with Gasteiger partial charge in [-0.15, -0.1) is 0 Å². The molecule has 1 aliphatic carbocycles. The zero-order valence-corrected chi connectivity index (χ0v) is 12.8. The molecule has 1 N–H and O–H groups in total. The lowest BCUT2D eigenvalue weighted by atomic mass is 9.89. The van der Waals surface area contributed by atoms with E-state index in [-0.39, 0.29) is 0 Å². The molecule has 0 heterocycles. The van der Waals surface area contributed by atoms with E-state index < -0.39 is 5.97 Å². The van der Waals surface area contributed by atoms with E-state index in [0.717, 1.165) is 18.2 Å². The summed E-state index contributed by atoms with van der Waals surface area (Å²) in [4.78, 5) is 13.2. The van der Waals surface area contributed by atoms with Crippen molar-refractivity contribution in [2.45, 2.75) is 32.1 Å². The molecule has 4 heteroatoms. The van der Waals surface area contributed by atoms with Gasteiger partial charge >= 0.3 is 5.97 Å². The Labute approximate surface area is 122 Å². The fourth-order valence-corrected chi connectivity index (χ4v) is 3.31. The number of halogens is 1. The second-order valence-corrected chi connectivity index (χ2v) is 6.21. The number of hydrogen-bond donors (Lipinski definition) is 1. The van der Waals surface area contributed by atoms with Crippen LogP contribution in [0.2, 0.25) is 0 Å². The molecular weight excluding hydrogens is 306 g/mol. The van der Waals surface area contributed by atoms with Crippen LogP contribution in [0.25, 0.3) is 0 Å². The average Bonchev–Trinajstić information content (AvgIpc) is 2.39. The molecule has 0 bridgehead atoms. The Morgan fingerprint density at radius 1 is 1.37 bits per heavy atom. The van der Waals surface area contributed by atoms with Gasteiger partial charge in [-0.2, -0.15) is 0 Å². The van der Waals surface area contributed by atoms with Crippen LogP contribution < -0.4 is 4.90 Å². The van der Waals surface area contributed by atoms with Gasteiger partial charge in [0.1, 0.15) is 0 Å². The molecular formula is C15H20BrNO2. The van der Waals surface area contributed by atoms with Crippen LogP contribution in [-0.2, 0) is 0 Å². The Morgan fingerprint density at radius 3 is 2.63 bits per heavy atom. The molecule has 1 aliphatic rings. The van der Waals surface area contributed by atoms with Crippen LogP contribution >= 0.6 is 15.9 Å². The second kappa shape index (κ2) is 6.42. The summed E-state index contributed by atoms with van der Waals surface area (Å²) in [5.41, 5.74) is 1.39. The fourth-order valence-electron chi connectivity index (χ4n) is 2.78. The van der Waals surface area contributed by atoms with E-state index in [0.29, 0.717) is 10.0 Å². The Kier molecular flexibility index (Phi) is 4.86. The highest BCUT2D eigenvalue weighted by atomic mass is 79.9. The van der Waals surface area contributed by atoms with Gasteiger partial charge in [0.05, 0.1) is 5.56 Å². The highest BCUT2D eigenvalue weighted by Crippen LogP contribution is 2.28. The summed E-state index contributed by atoms with van der Waals surface area (Å²) in [6.07, 6.45) is 6.71. The molecule has 0 amide bonds. The van der Waals surface area contributed by atoms with Crippen LogP contribution in [-0.4, -0.2) is 24.7 Å². The monoisotopic (exact) mass is 325 g/mol. The quantitative estimate of drug-likeness (QED) is 0.903. The number of rotatable bonds is 4. The summed E-state index contributed by atoms with van der Waals surface area (Å²) in [6, 6.07) is 5.45. The molecule has 0 atom stereocenters. The SMILES string of the molecule is CN(CC1CCCCC1)c1ccc(C(=O)O)c(Br)c1. The number of hydrogen-bond acceptors (Lipinski definition) is 2. The van der Waals surface area contributed by atoms with Crippen molar-refractivity contribution < 1.29 is 9.90 Å². The topological polar surface area (TPSA) is 40.5 Å². The Bertz CT molecular complexity index is 455. The minimum Gasteiger partial charge on any atom is -0.478 e. The molecule has 3 nitrogen and oxygen atoms in total. The molecule has 0 aliphatic heterocycles. The fraction of sp³-hybridized carbons (Fsp3) is 0.533. The van der Waals surface area contributed by atoms with Crippen LogP contribution in [0, 0.1) is 5.92 Å². The predicted molar refractivity (Wildman–Crippen MR) is 80.9 cm³/mol. The highest BCUT2D eigenvalue weighted by molar-refractivity contribution is 9.10. The number of aromatic carboxylic acids is 1. The summed E-state index contributed by atoms with van der Waals surface area (Å²) in [5, 5.41) is 9.01. The van der Waals surface area contributed by atoms with Crippen molar-refractivity contribution in [1.82, 2.24) is 0 Å². The second-order valence-electron chi connectivity index (χ2n) is 5.35. The van der Waals surface area contributed by atoms with E-state index >= 15 is 0 Å². The molecule has 0 aromatic heterocycles. The van der Waals surface area contributed by atoms with Gasteiger partial charge in [-0.1, -0.05) is 19.3 Å². The normalized spacial score (nSPS) is 16.3. The summed E-state index contributed by atoms with van der Waals surface area (Å²) in [7, 11) is 2.08. The summed E-state index contributed by atoms with van der Waals surface area (Å²) < 4.78 is 0.646. The minimum atomic E-state index is -0.895. The van der Waals surface area contributed by atoms with Gasteiger partial charge in [-0.3, -0.25) is 0 Å². The number of anilines is 1. The van der Waals surface area contributed by atoms with Crippen LogP contribution in [0.5, 0.6) is 0 Å². The van der Waals surface area contributed by atoms with Crippen molar-refractivity contribution in [2.75, 3.05) is 18.5 Å². The summed E-state index contributed by atoms with van der Waals surface area (Å²) in [5.74, 6) is -0.120. The van der Waals surface area contributed by atoms with Gasteiger partial charge < -0.3 is 10.0 Å². The van der Waals surface area contributed by atoms with Crippen molar-refractivity contribution in [3.8, 4) is 0 Å². The lowest BCUT2D eigenvalue weighted by Crippen LogP contribution is -2.26. The smallest absolute Gasteiger partial charge is 0.336 e. The average molecular weight is 326 g/mol. The molecule has 2 rings (SSSR count). The zero-order valence-electron chi connectivity index (χ0n) is 11.2. The van der Waals surface area contributed by atoms with E-state index in [4.69, 9.17) is 5.11 Å². The van der Waals surface area contributed by atoms with Crippen molar-refractivity contribution in [3.63, 3.8) is 0 Å². The third-order valence-corrected chi connectivity index (χ3v) is 4.54. The van der Waals surface area contributed by atoms with Crippen LogP contribution in [0.15, 0.2) is 22.7 Å². The van der Waals surface area contributed by atoms with Gasteiger partial charge in [0, 0.05) is 23.8 Å². The van der Waals surface area contributed by atoms with Gasteiger partial charge in [-0.05, 0) is 52.9 Å². The molecule has 1 fully saturated rings. The lowest BCUT2D eigenvalue weighted by Gasteiger charge is -2.28. The number of nitrogens with zero attached hydrogens (tertiary/aromatic N) is 1. The third kappa shape index (κ3) is 3.72. The zero-order chi connectivity index (χ0) is 13.8. The Balaban J connectivity index is 2.04. The summed E-state index contributed by atoms with van der Waals surface area (Å²) in [6.45, 7) is 1.05. The molecule has 0 radical (unpaired) electrons. The van der Waals surface area contributed by atoms with Gasteiger partial charge in [0.2, 0.25) is 0 Å². The first-order valence-electron chi connectivity index (χ1n) is 6.82. The maximum atomic E-state index is 11.0. The standard InChI is InChI=1S/C15H20BrNO2/c1-17(10-11-5-3-2-4-6-11)12-7-8-13(15(18)19)14(16)9-12/h7-9,11H,2-6,10H2,1H3,(H,18,19). The first-order chi connectivity index (χ1) is 9.08. The molecule has 1 aromatic rings. The molecule has 0 unspecified atom stereocenters. The molecule has 0 spiro atoms. The number of carboxylic acids is 1.